The molecule has 3 rings (SSSR count). The molecule has 0 saturated carbocycles. The molecular weight excluding hydrogens is 432 g/mol. The van der Waals surface area contributed by atoms with Crippen LogP contribution in [0.5, 0.6) is 5.75 Å². The van der Waals surface area contributed by atoms with E-state index in [0.717, 1.165) is 49.7 Å². The second-order valence-corrected chi connectivity index (χ2v) is 8.09. The Bertz CT molecular complexity index is 958. The van der Waals surface area contributed by atoms with Gasteiger partial charge < -0.3 is 29.9 Å². The molecule has 2 amide bonds. The van der Waals surface area contributed by atoms with E-state index < -0.39 is 0 Å². The van der Waals surface area contributed by atoms with Gasteiger partial charge in [0.1, 0.15) is 5.75 Å². The van der Waals surface area contributed by atoms with Crippen LogP contribution in [-0.4, -0.2) is 64.9 Å². The maximum absolute atomic E-state index is 13.1. The molecule has 0 unspecified atom stereocenters. The number of benzene rings is 2. The third-order valence-electron chi connectivity index (χ3n) is 5.85. The van der Waals surface area contributed by atoms with E-state index in [2.05, 4.69) is 26.5 Å². The fraction of sp³-hybridized carbons (Fsp3) is 0.462. The predicted molar refractivity (Wildman–Crippen MR) is 136 cm³/mol. The summed E-state index contributed by atoms with van der Waals surface area (Å²) in [4.78, 5) is 29.5. The van der Waals surface area contributed by atoms with Crippen molar-refractivity contribution >= 4 is 28.9 Å². The molecule has 34 heavy (non-hydrogen) atoms. The van der Waals surface area contributed by atoms with Gasteiger partial charge in [0.15, 0.2) is 0 Å². The van der Waals surface area contributed by atoms with Crippen LogP contribution in [0.1, 0.15) is 37.0 Å². The van der Waals surface area contributed by atoms with E-state index >= 15 is 0 Å². The number of nitrogens with one attached hydrogen (secondary N) is 2. The average molecular weight is 469 g/mol. The number of methoxy groups -OCH3 is 1. The smallest absolute Gasteiger partial charge is 0.253 e. The molecule has 8 nitrogen and oxygen atoms in total. The van der Waals surface area contributed by atoms with Crippen LogP contribution in [0.2, 0.25) is 0 Å². The Morgan fingerprint density at radius 3 is 2.35 bits per heavy atom. The van der Waals surface area contributed by atoms with Gasteiger partial charge in [0.2, 0.25) is 5.91 Å². The van der Waals surface area contributed by atoms with Crippen LogP contribution in [0.4, 0.5) is 17.1 Å². The van der Waals surface area contributed by atoms with Crippen molar-refractivity contribution in [3.05, 3.63) is 48.0 Å². The second-order valence-electron chi connectivity index (χ2n) is 8.09. The minimum absolute atomic E-state index is 0.0822. The largest absolute Gasteiger partial charge is 0.495 e. The molecule has 0 bridgehead atoms. The summed E-state index contributed by atoms with van der Waals surface area (Å²) in [6, 6.07) is 13.6. The minimum atomic E-state index is -0.147. The Hall–Kier alpha value is -3.26. The van der Waals surface area contributed by atoms with Gasteiger partial charge in [0.25, 0.3) is 5.91 Å². The summed E-state index contributed by atoms with van der Waals surface area (Å²) >= 11 is 0. The number of hydrogen-bond acceptors (Lipinski definition) is 6. The zero-order valence-corrected chi connectivity index (χ0v) is 20.4. The molecule has 0 spiro atoms. The molecule has 2 aromatic rings. The zero-order valence-electron chi connectivity index (χ0n) is 20.4. The van der Waals surface area contributed by atoms with Gasteiger partial charge in [-0.2, -0.15) is 0 Å². The zero-order chi connectivity index (χ0) is 24.3. The lowest BCUT2D eigenvalue weighted by Crippen LogP contribution is -2.47. The van der Waals surface area contributed by atoms with Crippen molar-refractivity contribution in [1.82, 2.24) is 5.32 Å². The number of rotatable bonds is 11. The lowest BCUT2D eigenvalue weighted by Gasteiger charge is -2.38. The monoisotopic (exact) mass is 468 g/mol. The first-order valence-electron chi connectivity index (χ1n) is 12.0. The van der Waals surface area contributed by atoms with Crippen LogP contribution < -0.4 is 25.2 Å². The Labute approximate surface area is 202 Å². The van der Waals surface area contributed by atoms with Crippen molar-refractivity contribution in [2.45, 2.75) is 26.7 Å². The number of para-hydroxylation sites is 2. The molecule has 1 fully saturated rings. The van der Waals surface area contributed by atoms with Gasteiger partial charge in [-0.05, 0) is 43.7 Å². The quantitative estimate of drug-likeness (QED) is 0.491. The number of piperazine rings is 1. The Morgan fingerprint density at radius 2 is 1.68 bits per heavy atom. The number of hydrogen-bond donors (Lipinski definition) is 2. The molecule has 8 heteroatoms. The second kappa shape index (κ2) is 12.8. The molecule has 184 valence electrons. The van der Waals surface area contributed by atoms with Crippen LogP contribution in [0.15, 0.2) is 42.5 Å². The summed E-state index contributed by atoms with van der Waals surface area (Å²) in [7, 11) is 1.69. The number of carbonyl (C=O) groups excluding carboxylic acids is 2. The normalized spacial score (nSPS) is 13.5. The van der Waals surface area contributed by atoms with E-state index in [1.807, 2.05) is 37.3 Å². The molecule has 1 heterocycles. The predicted octanol–water partition coefficient (Wildman–Crippen LogP) is 3.53. The number of nitrogens with zero attached hydrogens (tertiary/aromatic N) is 2. The topological polar surface area (TPSA) is 83.1 Å². The lowest BCUT2D eigenvalue weighted by atomic mass is 10.1. The summed E-state index contributed by atoms with van der Waals surface area (Å²) in [6.45, 7) is 8.72. The molecule has 0 atom stereocenters. The van der Waals surface area contributed by atoms with E-state index in [9.17, 15) is 9.59 Å². The molecule has 2 N–H and O–H groups in total. The summed E-state index contributed by atoms with van der Waals surface area (Å²) < 4.78 is 10.9. The number of amides is 2. The number of ether oxygens (including phenoxy) is 2. The lowest BCUT2D eigenvalue weighted by molar-refractivity contribution is -0.115. The molecule has 0 aliphatic carbocycles. The standard InChI is InChI=1S/C26H36N4O4/c1-4-25(31)28-20-11-12-22(21(19-20)26(32)27-13-8-18-34-5-2)29-14-16-30(17-15-29)23-9-6-7-10-24(23)33-3/h6-7,9-12,19H,4-5,8,13-18H2,1-3H3,(H,27,32)(H,28,31). The fourth-order valence-electron chi connectivity index (χ4n) is 4.02. The molecule has 2 aromatic carbocycles. The molecule has 1 aliphatic heterocycles. The third kappa shape index (κ3) is 6.63. The Balaban J connectivity index is 1.74. The Kier molecular flexibility index (Phi) is 9.58. The molecule has 0 radical (unpaired) electrons. The van der Waals surface area contributed by atoms with E-state index in [4.69, 9.17) is 9.47 Å². The van der Waals surface area contributed by atoms with Crippen LogP contribution in [0.3, 0.4) is 0 Å². The SMILES string of the molecule is CCOCCCNC(=O)c1cc(NC(=O)CC)ccc1N1CCN(c2ccccc2OC)CC1. The van der Waals surface area contributed by atoms with Crippen molar-refractivity contribution < 1.29 is 19.1 Å². The summed E-state index contributed by atoms with van der Waals surface area (Å²) in [5, 5.41) is 5.86. The van der Waals surface area contributed by atoms with Crippen molar-refractivity contribution in [3.8, 4) is 5.75 Å². The van der Waals surface area contributed by atoms with Crippen LogP contribution >= 0.6 is 0 Å². The van der Waals surface area contributed by atoms with Crippen molar-refractivity contribution in [1.29, 1.82) is 0 Å². The van der Waals surface area contributed by atoms with E-state index in [1.165, 1.54) is 0 Å². The highest BCUT2D eigenvalue weighted by atomic mass is 16.5. The first-order chi connectivity index (χ1) is 16.6. The average Bonchev–Trinajstić information content (AvgIpc) is 2.88. The third-order valence-corrected chi connectivity index (χ3v) is 5.85. The summed E-state index contributed by atoms with van der Waals surface area (Å²) in [5.41, 5.74) is 3.14. The highest BCUT2D eigenvalue weighted by molar-refractivity contribution is 6.02. The maximum atomic E-state index is 13.1. The van der Waals surface area contributed by atoms with E-state index in [0.29, 0.717) is 37.4 Å². The van der Waals surface area contributed by atoms with Crippen molar-refractivity contribution in [2.75, 3.05) is 68.2 Å². The van der Waals surface area contributed by atoms with E-state index in [-0.39, 0.29) is 11.8 Å². The van der Waals surface area contributed by atoms with Gasteiger partial charge in [-0.15, -0.1) is 0 Å². The molecular formula is C26H36N4O4. The summed E-state index contributed by atoms with van der Waals surface area (Å²) in [5.74, 6) is 0.631. The van der Waals surface area contributed by atoms with Crippen molar-refractivity contribution in [2.24, 2.45) is 0 Å². The summed E-state index contributed by atoms with van der Waals surface area (Å²) in [6.07, 6.45) is 1.13. The van der Waals surface area contributed by atoms with Gasteiger partial charge in [0, 0.05) is 63.7 Å². The Morgan fingerprint density at radius 1 is 0.971 bits per heavy atom. The van der Waals surface area contributed by atoms with Gasteiger partial charge in [-0.3, -0.25) is 9.59 Å². The van der Waals surface area contributed by atoms with E-state index in [1.54, 1.807) is 20.1 Å². The minimum Gasteiger partial charge on any atom is -0.495 e. The van der Waals surface area contributed by atoms with Gasteiger partial charge in [-0.1, -0.05) is 19.1 Å². The molecule has 0 aromatic heterocycles. The van der Waals surface area contributed by atoms with Crippen LogP contribution in [-0.2, 0) is 9.53 Å². The fourth-order valence-corrected chi connectivity index (χ4v) is 4.02. The highest BCUT2D eigenvalue weighted by Crippen LogP contribution is 2.31. The number of anilines is 3. The first kappa shape index (κ1) is 25.4. The van der Waals surface area contributed by atoms with Crippen molar-refractivity contribution in [3.63, 3.8) is 0 Å². The van der Waals surface area contributed by atoms with Gasteiger partial charge >= 0.3 is 0 Å². The van der Waals surface area contributed by atoms with Crippen LogP contribution in [0, 0.1) is 0 Å². The van der Waals surface area contributed by atoms with Gasteiger partial charge in [-0.25, -0.2) is 0 Å². The highest BCUT2D eigenvalue weighted by Gasteiger charge is 2.23. The molecule has 1 aliphatic rings. The first-order valence-corrected chi connectivity index (χ1v) is 12.0. The number of carbonyl (C=O) groups is 2. The van der Waals surface area contributed by atoms with Gasteiger partial charge in [0.05, 0.1) is 18.4 Å². The van der Waals surface area contributed by atoms with Crippen LogP contribution in [0.25, 0.3) is 0 Å². The maximum Gasteiger partial charge on any atom is 0.253 e. The molecule has 1 saturated heterocycles.